The normalized spacial score (nSPS) is 29.4. The van der Waals surface area contributed by atoms with Crippen molar-refractivity contribution in [1.82, 2.24) is 0 Å². The van der Waals surface area contributed by atoms with E-state index in [-0.39, 0.29) is 0 Å². The molecule has 0 atom stereocenters. The van der Waals surface area contributed by atoms with Crippen LogP contribution in [-0.4, -0.2) is 0 Å². The van der Waals surface area contributed by atoms with Crippen LogP contribution in [0.3, 0.4) is 0 Å². The van der Waals surface area contributed by atoms with Gasteiger partial charge in [0.15, 0.2) is 0 Å². The van der Waals surface area contributed by atoms with Crippen LogP contribution in [0.15, 0.2) is 24.3 Å². The molecule has 2 aliphatic carbocycles. The van der Waals surface area contributed by atoms with Gasteiger partial charge >= 0.3 is 0 Å². The molecule has 0 amide bonds. The average Bonchev–Trinajstić information content (AvgIpc) is 2.62. The summed E-state index contributed by atoms with van der Waals surface area (Å²) in [7, 11) is 0. The van der Waals surface area contributed by atoms with Gasteiger partial charge in [0.2, 0.25) is 0 Å². The van der Waals surface area contributed by atoms with Crippen molar-refractivity contribution >= 4 is 0 Å². The van der Waals surface area contributed by atoms with E-state index in [4.69, 9.17) is 0 Å². The summed E-state index contributed by atoms with van der Waals surface area (Å²) in [6.07, 6.45) is 18.6. The van der Waals surface area contributed by atoms with E-state index in [1.165, 1.54) is 83.5 Å². The first kappa shape index (κ1) is 19.0. The number of hydrogen-bond acceptors (Lipinski definition) is 0. The molecule has 0 bridgehead atoms. The summed E-state index contributed by atoms with van der Waals surface area (Å²) in [6.45, 7) is 4.66. The largest absolute Gasteiger partial charge is 0.0654 e. The molecule has 0 heterocycles. The second-order valence-electron chi connectivity index (χ2n) is 9.11. The van der Waals surface area contributed by atoms with Crippen molar-refractivity contribution in [2.45, 2.75) is 103 Å². The lowest BCUT2D eigenvalue weighted by Gasteiger charge is -2.34. The highest BCUT2D eigenvalue weighted by Gasteiger charge is 2.27. The Morgan fingerprint density at radius 1 is 0.760 bits per heavy atom. The topological polar surface area (TPSA) is 0 Å². The molecule has 0 N–H and O–H groups in total. The number of rotatable bonds is 9. The fraction of sp³-hybridized carbons (Fsp3) is 0.760. The summed E-state index contributed by atoms with van der Waals surface area (Å²) in [4.78, 5) is 0. The van der Waals surface area contributed by atoms with Crippen molar-refractivity contribution in [2.24, 2.45) is 17.8 Å². The first-order valence-corrected chi connectivity index (χ1v) is 11.4. The van der Waals surface area contributed by atoms with Crippen molar-refractivity contribution < 1.29 is 0 Å². The fourth-order valence-corrected chi connectivity index (χ4v) is 5.24. The molecule has 1 aromatic carbocycles. The lowest BCUT2D eigenvalue weighted by molar-refractivity contribution is 0.177. The Kier molecular flexibility index (Phi) is 7.44. The molecule has 2 aliphatic rings. The minimum Gasteiger partial charge on any atom is -0.0654 e. The van der Waals surface area contributed by atoms with Crippen LogP contribution in [0.5, 0.6) is 0 Å². The summed E-state index contributed by atoms with van der Waals surface area (Å²) in [6, 6.07) is 9.76. The summed E-state index contributed by atoms with van der Waals surface area (Å²) >= 11 is 0. The van der Waals surface area contributed by atoms with Gasteiger partial charge in [0.25, 0.3) is 0 Å². The minimum atomic E-state index is 0.841. The Morgan fingerprint density at radius 3 is 2.12 bits per heavy atom. The highest BCUT2D eigenvalue weighted by molar-refractivity contribution is 5.26. The van der Waals surface area contributed by atoms with E-state index in [1.807, 2.05) is 0 Å². The van der Waals surface area contributed by atoms with E-state index in [0.29, 0.717) is 0 Å². The molecule has 0 unspecified atom stereocenters. The summed E-state index contributed by atoms with van der Waals surface area (Å²) in [5, 5.41) is 0. The molecule has 2 fully saturated rings. The van der Waals surface area contributed by atoms with Crippen LogP contribution < -0.4 is 0 Å². The molecule has 140 valence electrons. The Bertz CT molecular complexity index is 471. The molecule has 0 nitrogen and oxygen atoms in total. The van der Waals surface area contributed by atoms with Crippen molar-refractivity contribution in [1.29, 1.82) is 0 Å². The molecule has 0 aromatic heterocycles. The van der Waals surface area contributed by atoms with E-state index in [1.54, 1.807) is 11.1 Å². The van der Waals surface area contributed by atoms with Crippen LogP contribution in [0.1, 0.15) is 108 Å². The van der Waals surface area contributed by atoms with Crippen molar-refractivity contribution in [2.75, 3.05) is 0 Å². The maximum Gasteiger partial charge on any atom is -0.0162 e. The van der Waals surface area contributed by atoms with Gasteiger partial charge in [-0.15, -0.1) is 0 Å². The summed E-state index contributed by atoms with van der Waals surface area (Å²) < 4.78 is 0. The minimum absolute atomic E-state index is 0.841. The van der Waals surface area contributed by atoms with Gasteiger partial charge in [-0.2, -0.15) is 0 Å². The third-order valence-electron chi connectivity index (χ3n) is 7.27. The van der Waals surface area contributed by atoms with E-state index >= 15 is 0 Å². The molecule has 0 saturated heterocycles. The molecule has 1 aromatic rings. The van der Waals surface area contributed by atoms with Crippen molar-refractivity contribution in [3.8, 4) is 0 Å². The summed E-state index contributed by atoms with van der Waals surface area (Å²) in [5.41, 5.74) is 3.18. The lowest BCUT2D eigenvalue weighted by atomic mass is 9.71. The zero-order valence-corrected chi connectivity index (χ0v) is 16.8. The molecular formula is C25H40. The molecule has 0 heteroatoms. The van der Waals surface area contributed by atoms with E-state index in [2.05, 4.69) is 38.1 Å². The Labute approximate surface area is 156 Å². The van der Waals surface area contributed by atoms with E-state index in [9.17, 15) is 0 Å². The Hall–Kier alpha value is -0.780. The maximum absolute atomic E-state index is 2.45. The first-order chi connectivity index (χ1) is 12.3. The first-order valence-electron chi connectivity index (χ1n) is 11.4. The average molecular weight is 341 g/mol. The highest BCUT2D eigenvalue weighted by Crippen LogP contribution is 2.39. The Balaban J connectivity index is 1.38. The second-order valence-corrected chi connectivity index (χ2v) is 9.11. The van der Waals surface area contributed by atoms with Crippen LogP contribution >= 0.6 is 0 Å². The maximum atomic E-state index is 2.45. The van der Waals surface area contributed by atoms with Gasteiger partial charge in [0.1, 0.15) is 0 Å². The molecule has 2 saturated carbocycles. The smallest absolute Gasteiger partial charge is 0.0162 e. The van der Waals surface area contributed by atoms with Crippen molar-refractivity contribution in [3.05, 3.63) is 35.4 Å². The number of hydrogen-bond donors (Lipinski definition) is 0. The van der Waals surface area contributed by atoms with Crippen LogP contribution in [-0.2, 0) is 6.42 Å². The van der Waals surface area contributed by atoms with Gasteiger partial charge < -0.3 is 0 Å². The van der Waals surface area contributed by atoms with Gasteiger partial charge in [-0.05, 0) is 86.2 Å². The van der Waals surface area contributed by atoms with Crippen LogP contribution in [0.2, 0.25) is 0 Å². The number of aryl methyl sites for hydroxylation is 1. The molecular weight excluding hydrogens is 300 g/mol. The predicted octanol–water partition coefficient (Wildman–Crippen LogP) is 7.91. The fourth-order valence-electron chi connectivity index (χ4n) is 5.24. The monoisotopic (exact) mass is 340 g/mol. The third-order valence-corrected chi connectivity index (χ3v) is 7.27. The van der Waals surface area contributed by atoms with Crippen molar-refractivity contribution in [3.63, 3.8) is 0 Å². The van der Waals surface area contributed by atoms with Crippen LogP contribution in [0.25, 0.3) is 0 Å². The Morgan fingerprint density at radius 2 is 1.48 bits per heavy atom. The lowest BCUT2D eigenvalue weighted by Crippen LogP contribution is -2.23. The van der Waals surface area contributed by atoms with Crippen LogP contribution in [0, 0.1) is 17.8 Å². The number of benzene rings is 1. The third kappa shape index (κ3) is 5.60. The number of unbranched alkanes of at least 4 members (excludes halogenated alkanes) is 2. The van der Waals surface area contributed by atoms with E-state index in [0.717, 1.165) is 23.7 Å². The summed E-state index contributed by atoms with van der Waals surface area (Å²) in [5.74, 6) is 3.93. The van der Waals surface area contributed by atoms with Gasteiger partial charge in [0, 0.05) is 0 Å². The SMILES string of the molecule is CCCCCC1CCC(c2ccc(CCC3CC(CC)C3)cc2)CC1. The van der Waals surface area contributed by atoms with Crippen LogP contribution in [0.4, 0.5) is 0 Å². The highest BCUT2D eigenvalue weighted by atomic mass is 14.3. The zero-order chi connectivity index (χ0) is 17.5. The molecule has 25 heavy (non-hydrogen) atoms. The predicted molar refractivity (Wildman–Crippen MR) is 110 cm³/mol. The van der Waals surface area contributed by atoms with Gasteiger partial charge in [0.05, 0.1) is 0 Å². The molecule has 0 aliphatic heterocycles. The second kappa shape index (κ2) is 9.79. The standard InChI is InChI=1S/C25H40/c1-3-5-6-7-21-10-14-24(15-11-21)25-16-12-22(13-17-25)8-9-23-18-20(4-2)19-23/h12-13,16-17,20-21,23-24H,3-11,14-15,18-19H2,1-2H3. The molecule has 3 rings (SSSR count). The van der Waals surface area contributed by atoms with Gasteiger partial charge in [-0.1, -0.05) is 70.2 Å². The molecule has 0 spiro atoms. The van der Waals surface area contributed by atoms with Gasteiger partial charge in [-0.25, -0.2) is 0 Å². The quantitative estimate of drug-likeness (QED) is 0.401. The molecule has 0 radical (unpaired) electrons. The zero-order valence-electron chi connectivity index (χ0n) is 16.8. The van der Waals surface area contributed by atoms with E-state index < -0.39 is 0 Å². The van der Waals surface area contributed by atoms with Gasteiger partial charge in [-0.3, -0.25) is 0 Å².